The van der Waals surface area contributed by atoms with Gasteiger partial charge in [0, 0.05) is 0 Å². The molecule has 0 bridgehead atoms. The van der Waals surface area contributed by atoms with E-state index in [1.165, 1.54) is 0 Å². The summed E-state index contributed by atoms with van der Waals surface area (Å²) in [6.45, 7) is 0. The summed E-state index contributed by atoms with van der Waals surface area (Å²) in [6.07, 6.45) is -11.6. The predicted molar refractivity (Wildman–Crippen MR) is 44.7 cm³/mol. The molecule has 1 aliphatic rings. The fourth-order valence-corrected chi connectivity index (χ4v) is 2.03. The van der Waals surface area contributed by atoms with Crippen molar-refractivity contribution >= 4 is 7.82 Å². The molecule has 0 amide bonds. The second-order valence-corrected chi connectivity index (χ2v) is 4.64. The summed E-state index contributed by atoms with van der Waals surface area (Å²) in [4.78, 5) is 18.8. The third kappa shape index (κ3) is 4.20. The first kappa shape index (κ1) is 17.9. The van der Waals surface area contributed by atoms with Crippen molar-refractivity contribution in [3.05, 3.63) is 0 Å². The molecule has 9 nitrogen and oxygen atoms in total. The van der Waals surface area contributed by atoms with E-state index in [1.807, 2.05) is 0 Å². The fourth-order valence-electron chi connectivity index (χ4n) is 1.48. The SMILES string of the molecule is O=P([O-])(O)OC1[C@@H](O)[C@H](O)C(O)[C@H](O)[C@@H]1O.[Na+]. The number of aliphatic hydroxyl groups excluding tert-OH is 5. The van der Waals surface area contributed by atoms with Gasteiger partial charge < -0.3 is 39.8 Å². The molecule has 1 fully saturated rings. The third-order valence-electron chi connectivity index (χ3n) is 2.33. The van der Waals surface area contributed by atoms with Crippen LogP contribution in [0.3, 0.4) is 0 Å². The van der Waals surface area contributed by atoms with Crippen LogP contribution in [0.4, 0.5) is 0 Å². The van der Waals surface area contributed by atoms with Gasteiger partial charge in [-0.1, -0.05) is 0 Å². The minimum Gasteiger partial charge on any atom is -0.756 e. The smallest absolute Gasteiger partial charge is 0.756 e. The zero-order chi connectivity index (χ0) is 12.7. The third-order valence-corrected chi connectivity index (χ3v) is 2.84. The van der Waals surface area contributed by atoms with Gasteiger partial charge in [-0.05, 0) is 0 Å². The van der Waals surface area contributed by atoms with Gasteiger partial charge in [0.2, 0.25) is 0 Å². The zero-order valence-corrected chi connectivity index (χ0v) is 11.7. The molecule has 6 N–H and O–H groups in total. The molecule has 17 heavy (non-hydrogen) atoms. The van der Waals surface area contributed by atoms with E-state index in [-0.39, 0.29) is 29.6 Å². The summed E-state index contributed by atoms with van der Waals surface area (Å²) in [5.74, 6) is 0. The molecule has 11 heteroatoms. The van der Waals surface area contributed by atoms with E-state index in [0.29, 0.717) is 0 Å². The number of hydrogen-bond donors (Lipinski definition) is 6. The molecular formula is C6H12NaO9P. The summed E-state index contributed by atoms with van der Waals surface area (Å²) in [5.41, 5.74) is 0. The van der Waals surface area contributed by atoms with Crippen molar-refractivity contribution in [1.29, 1.82) is 0 Å². The molecule has 1 rings (SSSR count). The van der Waals surface area contributed by atoms with Crippen molar-refractivity contribution in [2.24, 2.45) is 0 Å². The summed E-state index contributed by atoms with van der Waals surface area (Å²) < 4.78 is 14.3. The Labute approximate surface area is 118 Å². The maximum Gasteiger partial charge on any atom is 1.00 e. The Hall–Kier alpha value is 0.910. The average Bonchev–Trinajstić information content (AvgIpc) is 2.17. The quantitative estimate of drug-likeness (QED) is 0.212. The van der Waals surface area contributed by atoms with Gasteiger partial charge in [0.15, 0.2) is 0 Å². The van der Waals surface area contributed by atoms with Crippen LogP contribution in [0.1, 0.15) is 0 Å². The van der Waals surface area contributed by atoms with Crippen LogP contribution in [0.25, 0.3) is 0 Å². The minimum atomic E-state index is -5.26. The van der Waals surface area contributed by atoms with E-state index in [2.05, 4.69) is 4.52 Å². The van der Waals surface area contributed by atoms with Gasteiger partial charge >= 0.3 is 29.6 Å². The molecule has 0 aliphatic heterocycles. The van der Waals surface area contributed by atoms with Crippen molar-refractivity contribution in [2.45, 2.75) is 36.6 Å². The second-order valence-electron chi connectivity index (χ2n) is 3.49. The van der Waals surface area contributed by atoms with E-state index in [1.54, 1.807) is 0 Å². The van der Waals surface area contributed by atoms with E-state index >= 15 is 0 Å². The monoisotopic (exact) mass is 282 g/mol. The van der Waals surface area contributed by atoms with Gasteiger partial charge in [-0.25, -0.2) is 0 Å². The van der Waals surface area contributed by atoms with Gasteiger partial charge in [-0.15, -0.1) is 0 Å². The molecule has 0 spiro atoms. The zero-order valence-electron chi connectivity index (χ0n) is 8.82. The minimum absolute atomic E-state index is 0. The number of rotatable bonds is 2. The molecule has 1 aliphatic carbocycles. The molecule has 0 aromatic heterocycles. The molecular weight excluding hydrogens is 270 g/mol. The van der Waals surface area contributed by atoms with Crippen molar-refractivity contribution in [3.63, 3.8) is 0 Å². The maximum absolute atomic E-state index is 10.4. The van der Waals surface area contributed by atoms with Gasteiger partial charge in [-0.2, -0.15) is 0 Å². The molecule has 0 saturated heterocycles. The van der Waals surface area contributed by atoms with Gasteiger partial charge in [0.05, 0.1) is 0 Å². The second kappa shape index (κ2) is 6.38. The Bertz CT molecular complexity index is 279. The molecule has 0 radical (unpaired) electrons. The average molecular weight is 282 g/mol. The molecule has 0 aromatic carbocycles. The maximum atomic E-state index is 10.4. The van der Waals surface area contributed by atoms with Crippen molar-refractivity contribution in [3.8, 4) is 0 Å². The van der Waals surface area contributed by atoms with E-state index < -0.39 is 44.4 Å². The number of aliphatic hydroxyl groups is 5. The summed E-state index contributed by atoms with van der Waals surface area (Å²) in [7, 11) is -5.26. The summed E-state index contributed by atoms with van der Waals surface area (Å²) in [6, 6.07) is 0. The van der Waals surface area contributed by atoms with Crippen LogP contribution in [0, 0.1) is 0 Å². The van der Waals surface area contributed by atoms with Crippen LogP contribution < -0.4 is 34.5 Å². The van der Waals surface area contributed by atoms with E-state index in [4.69, 9.17) is 10.00 Å². The van der Waals surface area contributed by atoms with Gasteiger partial charge in [0.1, 0.15) is 36.6 Å². The molecule has 0 heterocycles. The standard InChI is InChI=1S/C6H13O9P.Na/c7-1-2(8)4(10)6(5(11)3(1)9)15-16(12,13)14;/h1-11H,(H2,12,13,14);/q;+1/p-1/t1?,2-,3+,4-,5-,6?;/m0./s1. The Balaban J connectivity index is 0.00000256. The van der Waals surface area contributed by atoms with Gasteiger partial charge in [0.25, 0.3) is 7.82 Å². The van der Waals surface area contributed by atoms with Gasteiger partial charge in [-0.3, -0.25) is 4.57 Å². The summed E-state index contributed by atoms with van der Waals surface area (Å²) in [5, 5.41) is 46.0. The van der Waals surface area contributed by atoms with Crippen LogP contribution >= 0.6 is 7.82 Å². The first-order chi connectivity index (χ1) is 7.15. The van der Waals surface area contributed by atoms with E-state index in [9.17, 15) is 29.9 Å². The molecule has 7 atom stereocenters. The Morgan fingerprint density at radius 3 is 1.47 bits per heavy atom. The molecule has 96 valence electrons. The van der Waals surface area contributed by atoms with Crippen LogP contribution in [0.2, 0.25) is 0 Å². The largest absolute Gasteiger partial charge is 1.00 e. The first-order valence-corrected chi connectivity index (χ1v) is 5.77. The number of phosphoric acid groups is 1. The Morgan fingerprint density at radius 2 is 1.18 bits per heavy atom. The Kier molecular flexibility index (Phi) is 6.72. The predicted octanol–water partition coefficient (Wildman–Crippen LogP) is -7.35. The van der Waals surface area contributed by atoms with E-state index in [0.717, 1.165) is 0 Å². The van der Waals surface area contributed by atoms with Crippen LogP contribution in [0.5, 0.6) is 0 Å². The molecule has 0 aromatic rings. The first-order valence-electron chi connectivity index (χ1n) is 4.27. The molecule has 1 saturated carbocycles. The van der Waals surface area contributed by atoms with Crippen LogP contribution in [0.15, 0.2) is 0 Å². The number of phosphoric ester groups is 1. The Morgan fingerprint density at radius 1 is 0.882 bits per heavy atom. The van der Waals surface area contributed by atoms with Crippen molar-refractivity contribution in [2.75, 3.05) is 0 Å². The normalized spacial score (nSPS) is 45.8. The van der Waals surface area contributed by atoms with Crippen LogP contribution in [-0.4, -0.2) is 67.0 Å². The van der Waals surface area contributed by atoms with Crippen molar-refractivity contribution in [1.82, 2.24) is 0 Å². The summed E-state index contributed by atoms with van der Waals surface area (Å²) >= 11 is 0. The fraction of sp³-hybridized carbons (Fsp3) is 1.00. The molecule has 3 unspecified atom stereocenters. The topological polar surface area (TPSA) is 171 Å². The number of hydrogen-bond acceptors (Lipinski definition) is 8. The van der Waals surface area contributed by atoms with Crippen LogP contribution in [-0.2, 0) is 9.09 Å². The van der Waals surface area contributed by atoms with Crippen molar-refractivity contribution < 1.29 is 74.0 Å².